The summed E-state index contributed by atoms with van der Waals surface area (Å²) in [6, 6.07) is 11.0. The first kappa shape index (κ1) is 11.7. The minimum Gasteiger partial charge on any atom is -0.369 e. The van der Waals surface area contributed by atoms with Gasteiger partial charge in [0.05, 0.1) is 0 Å². The van der Waals surface area contributed by atoms with Gasteiger partial charge >= 0.3 is 0 Å². The van der Waals surface area contributed by atoms with Gasteiger partial charge in [0.1, 0.15) is 0 Å². The number of hydrogen-bond donors (Lipinski definition) is 2. The largest absolute Gasteiger partial charge is 0.369 e. The number of carbonyl (C=O) groups excluding carboxylic acids is 1. The van der Waals surface area contributed by atoms with Gasteiger partial charge in [-0.15, -0.1) is 0 Å². The van der Waals surface area contributed by atoms with Crippen LogP contribution in [0.1, 0.15) is 31.2 Å². The molecule has 3 atom stereocenters. The van der Waals surface area contributed by atoms with Crippen LogP contribution >= 0.6 is 0 Å². The van der Waals surface area contributed by atoms with Gasteiger partial charge in [-0.3, -0.25) is 4.79 Å². The lowest BCUT2D eigenvalue weighted by Crippen LogP contribution is -2.53. The summed E-state index contributed by atoms with van der Waals surface area (Å²) in [5.41, 5.74) is 6.95. The molecule has 0 aliphatic carbocycles. The minimum atomic E-state index is -0.124. The first-order valence-corrected chi connectivity index (χ1v) is 6.78. The SMILES string of the molecule is NC(=O)C1CC2CCC(Cc3ccccc3)(C1)N2. The summed E-state index contributed by atoms with van der Waals surface area (Å²) < 4.78 is 0. The first-order chi connectivity index (χ1) is 8.67. The van der Waals surface area contributed by atoms with Gasteiger partial charge in [-0.1, -0.05) is 30.3 Å². The highest BCUT2D eigenvalue weighted by atomic mass is 16.1. The molecule has 3 nitrogen and oxygen atoms in total. The lowest BCUT2D eigenvalue weighted by Gasteiger charge is -2.38. The monoisotopic (exact) mass is 244 g/mol. The van der Waals surface area contributed by atoms with E-state index in [-0.39, 0.29) is 17.4 Å². The molecule has 2 bridgehead atoms. The van der Waals surface area contributed by atoms with Gasteiger partial charge in [0, 0.05) is 17.5 Å². The molecule has 3 unspecified atom stereocenters. The molecule has 2 fully saturated rings. The zero-order chi connectivity index (χ0) is 12.6. The second kappa shape index (κ2) is 4.39. The molecule has 0 spiro atoms. The van der Waals surface area contributed by atoms with Crippen LogP contribution in [0.3, 0.4) is 0 Å². The molecular weight excluding hydrogens is 224 g/mol. The van der Waals surface area contributed by atoms with Gasteiger partial charge in [-0.05, 0) is 37.7 Å². The third kappa shape index (κ3) is 2.15. The van der Waals surface area contributed by atoms with Crippen molar-refractivity contribution in [3.05, 3.63) is 35.9 Å². The number of amides is 1. The fourth-order valence-electron chi connectivity index (χ4n) is 3.68. The molecule has 2 saturated heterocycles. The quantitative estimate of drug-likeness (QED) is 0.849. The van der Waals surface area contributed by atoms with Crippen molar-refractivity contribution in [2.45, 2.75) is 43.7 Å². The number of nitrogens with two attached hydrogens (primary N) is 1. The molecule has 2 heterocycles. The van der Waals surface area contributed by atoms with E-state index in [0.29, 0.717) is 6.04 Å². The zero-order valence-corrected chi connectivity index (χ0v) is 10.6. The van der Waals surface area contributed by atoms with Crippen molar-refractivity contribution in [3.8, 4) is 0 Å². The van der Waals surface area contributed by atoms with Crippen molar-refractivity contribution >= 4 is 5.91 Å². The highest BCUT2D eigenvalue weighted by molar-refractivity contribution is 5.77. The average Bonchev–Trinajstić information content (AvgIpc) is 2.65. The van der Waals surface area contributed by atoms with Crippen molar-refractivity contribution in [3.63, 3.8) is 0 Å². The Bertz CT molecular complexity index is 445. The van der Waals surface area contributed by atoms with Crippen molar-refractivity contribution in [1.82, 2.24) is 5.32 Å². The number of benzene rings is 1. The molecule has 0 saturated carbocycles. The molecule has 3 heteroatoms. The van der Waals surface area contributed by atoms with Crippen LogP contribution in [0.4, 0.5) is 0 Å². The maximum atomic E-state index is 11.5. The van der Waals surface area contributed by atoms with Crippen LogP contribution in [0.25, 0.3) is 0 Å². The highest BCUT2D eigenvalue weighted by Crippen LogP contribution is 2.40. The Morgan fingerprint density at radius 2 is 2.17 bits per heavy atom. The molecule has 0 aromatic heterocycles. The molecule has 1 amide bonds. The van der Waals surface area contributed by atoms with E-state index in [4.69, 9.17) is 5.73 Å². The van der Waals surface area contributed by atoms with Crippen molar-refractivity contribution in [1.29, 1.82) is 0 Å². The molecule has 2 aliphatic rings. The van der Waals surface area contributed by atoms with Crippen LogP contribution in [0.5, 0.6) is 0 Å². The Kier molecular flexibility index (Phi) is 2.86. The fraction of sp³-hybridized carbons (Fsp3) is 0.533. The maximum Gasteiger partial charge on any atom is 0.220 e. The molecule has 0 radical (unpaired) electrons. The predicted octanol–water partition coefficient (Wildman–Crippen LogP) is 1.62. The van der Waals surface area contributed by atoms with Crippen LogP contribution in [0, 0.1) is 5.92 Å². The summed E-state index contributed by atoms with van der Waals surface area (Å²) in [6.45, 7) is 0. The number of hydrogen-bond acceptors (Lipinski definition) is 2. The van der Waals surface area contributed by atoms with E-state index in [0.717, 1.165) is 25.7 Å². The summed E-state index contributed by atoms with van der Waals surface area (Å²) >= 11 is 0. The van der Waals surface area contributed by atoms with Crippen LogP contribution in [-0.2, 0) is 11.2 Å². The molecular formula is C15H20N2O. The van der Waals surface area contributed by atoms with Crippen LogP contribution in [0.15, 0.2) is 30.3 Å². The van der Waals surface area contributed by atoms with E-state index >= 15 is 0 Å². The Balaban J connectivity index is 1.79. The Labute approximate surface area is 108 Å². The number of carbonyl (C=O) groups is 1. The van der Waals surface area contributed by atoms with Crippen molar-refractivity contribution in [2.24, 2.45) is 11.7 Å². The molecule has 2 aliphatic heterocycles. The van der Waals surface area contributed by atoms with Gasteiger partial charge in [-0.2, -0.15) is 0 Å². The van der Waals surface area contributed by atoms with Crippen LogP contribution in [0.2, 0.25) is 0 Å². The second-order valence-corrected chi connectivity index (χ2v) is 5.86. The Morgan fingerprint density at radius 3 is 2.89 bits per heavy atom. The fourth-order valence-corrected chi connectivity index (χ4v) is 3.68. The van der Waals surface area contributed by atoms with Crippen molar-refractivity contribution in [2.75, 3.05) is 0 Å². The van der Waals surface area contributed by atoms with Gasteiger partial charge in [-0.25, -0.2) is 0 Å². The van der Waals surface area contributed by atoms with E-state index in [1.807, 2.05) is 6.07 Å². The third-order valence-electron chi connectivity index (χ3n) is 4.48. The molecule has 1 aromatic carbocycles. The normalized spacial score (nSPS) is 34.4. The second-order valence-electron chi connectivity index (χ2n) is 5.86. The molecule has 1 aromatic rings. The maximum absolute atomic E-state index is 11.5. The van der Waals surface area contributed by atoms with Gasteiger partial charge in [0.15, 0.2) is 0 Å². The Morgan fingerprint density at radius 1 is 1.39 bits per heavy atom. The van der Waals surface area contributed by atoms with Gasteiger partial charge < -0.3 is 11.1 Å². The number of primary amides is 1. The lowest BCUT2D eigenvalue weighted by atomic mass is 9.79. The summed E-state index contributed by atoms with van der Waals surface area (Å²) in [7, 11) is 0. The third-order valence-corrected chi connectivity index (χ3v) is 4.48. The number of nitrogens with one attached hydrogen (secondary N) is 1. The minimum absolute atomic E-state index is 0.0578. The van der Waals surface area contributed by atoms with Gasteiger partial charge in [0.25, 0.3) is 0 Å². The summed E-state index contributed by atoms with van der Waals surface area (Å²) in [5.74, 6) is -0.0664. The summed E-state index contributed by atoms with van der Waals surface area (Å²) in [4.78, 5) is 11.5. The first-order valence-electron chi connectivity index (χ1n) is 6.78. The zero-order valence-electron chi connectivity index (χ0n) is 10.6. The topological polar surface area (TPSA) is 55.1 Å². The number of fused-ring (bicyclic) bond motifs is 2. The van der Waals surface area contributed by atoms with Crippen LogP contribution in [-0.4, -0.2) is 17.5 Å². The standard InChI is InChI=1S/C15H20N2O/c16-14(18)12-8-13-6-7-15(10-12,17-13)9-11-4-2-1-3-5-11/h1-5,12-13,17H,6-10H2,(H2,16,18). The number of piperidine rings is 1. The Hall–Kier alpha value is -1.35. The average molecular weight is 244 g/mol. The van der Waals surface area contributed by atoms with Crippen LogP contribution < -0.4 is 11.1 Å². The van der Waals surface area contributed by atoms with E-state index in [1.165, 1.54) is 12.0 Å². The lowest BCUT2D eigenvalue weighted by molar-refractivity contribution is -0.123. The predicted molar refractivity (Wildman–Crippen MR) is 71.0 cm³/mol. The van der Waals surface area contributed by atoms with Gasteiger partial charge in [0.2, 0.25) is 5.91 Å². The van der Waals surface area contributed by atoms with E-state index < -0.39 is 0 Å². The van der Waals surface area contributed by atoms with E-state index in [9.17, 15) is 4.79 Å². The number of rotatable bonds is 3. The summed E-state index contributed by atoms with van der Waals surface area (Å²) in [6.07, 6.45) is 5.17. The molecule has 3 rings (SSSR count). The molecule has 18 heavy (non-hydrogen) atoms. The molecule has 3 N–H and O–H groups in total. The smallest absolute Gasteiger partial charge is 0.220 e. The van der Waals surface area contributed by atoms with Crippen molar-refractivity contribution < 1.29 is 4.79 Å². The van der Waals surface area contributed by atoms with E-state index in [1.54, 1.807) is 0 Å². The summed E-state index contributed by atoms with van der Waals surface area (Å²) in [5, 5.41) is 3.73. The van der Waals surface area contributed by atoms with E-state index in [2.05, 4.69) is 29.6 Å². The molecule has 96 valence electrons. The highest BCUT2D eigenvalue weighted by Gasteiger charge is 2.46.